The molecule has 1 aromatic carbocycles. The molecule has 70 valence electrons. The van der Waals surface area contributed by atoms with Crippen molar-refractivity contribution >= 4 is 33.4 Å². The smallest absolute Gasteiger partial charge is 0.0342 e. The van der Waals surface area contributed by atoms with E-state index in [4.69, 9.17) is 0 Å². The zero-order valence-electron chi connectivity index (χ0n) is 7.78. The topological polar surface area (TPSA) is 12.0 Å². The second kappa shape index (κ2) is 6.02. The van der Waals surface area contributed by atoms with Gasteiger partial charge in [-0.1, -0.05) is 30.1 Å². The lowest BCUT2D eigenvalue weighted by Gasteiger charge is -1.82. The summed E-state index contributed by atoms with van der Waals surface area (Å²) in [6, 6.07) is 10.5. The zero-order valence-corrected chi connectivity index (χ0v) is 9.41. The Hall–Kier alpha value is -0.510. The lowest BCUT2D eigenvalue weighted by Crippen LogP contribution is -1.85. The summed E-state index contributed by atoms with van der Waals surface area (Å²) in [5, 5.41) is 3.47. The van der Waals surface area contributed by atoms with Gasteiger partial charge in [0.25, 0.3) is 0 Å². The SMILES string of the molecule is CNSC.c1ccc2sccc2c1. The van der Waals surface area contributed by atoms with E-state index in [1.54, 1.807) is 23.3 Å². The van der Waals surface area contributed by atoms with Crippen molar-refractivity contribution in [1.29, 1.82) is 0 Å². The minimum absolute atomic E-state index is 1.35. The highest BCUT2D eigenvalue weighted by molar-refractivity contribution is 7.96. The molecular weight excluding hydrogens is 198 g/mol. The van der Waals surface area contributed by atoms with Crippen molar-refractivity contribution in [3.8, 4) is 0 Å². The Morgan fingerprint density at radius 3 is 2.54 bits per heavy atom. The predicted octanol–water partition coefficient (Wildman–Crippen LogP) is 3.39. The first-order valence-corrected chi connectivity index (χ1v) is 6.11. The Morgan fingerprint density at radius 2 is 1.92 bits per heavy atom. The molecule has 0 aliphatic heterocycles. The molecule has 0 aliphatic carbocycles. The van der Waals surface area contributed by atoms with Gasteiger partial charge < -0.3 is 0 Å². The summed E-state index contributed by atoms with van der Waals surface area (Å²) >= 11 is 3.39. The summed E-state index contributed by atoms with van der Waals surface area (Å²) in [5.41, 5.74) is 0. The molecule has 0 unspecified atom stereocenters. The van der Waals surface area contributed by atoms with Crippen LogP contribution in [0, 0.1) is 0 Å². The van der Waals surface area contributed by atoms with Crippen molar-refractivity contribution in [2.75, 3.05) is 13.3 Å². The first kappa shape index (κ1) is 10.6. The highest BCUT2D eigenvalue weighted by Gasteiger charge is 1.87. The fourth-order valence-electron chi connectivity index (χ4n) is 0.906. The molecular formula is C10H13NS2. The van der Waals surface area contributed by atoms with Crippen LogP contribution in [0.1, 0.15) is 0 Å². The molecule has 2 aromatic rings. The molecule has 0 fully saturated rings. The Balaban J connectivity index is 0.000000184. The van der Waals surface area contributed by atoms with Gasteiger partial charge in [0, 0.05) is 4.70 Å². The van der Waals surface area contributed by atoms with E-state index in [2.05, 4.69) is 40.4 Å². The maximum atomic E-state index is 2.85. The Labute approximate surface area is 87.3 Å². The van der Waals surface area contributed by atoms with Gasteiger partial charge in [-0.2, -0.15) is 0 Å². The zero-order chi connectivity index (χ0) is 9.52. The minimum Gasteiger partial charge on any atom is -0.267 e. The molecule has 0 radical (unpaired) electrons. The molecule has 0 amide bonds. The lowest BCUT2D eigenvalue weighted by atomic mass is 10.3. The molecule has 1 heterocycles. The van der Waals surface area contributed by atoms with Gasteiger partial charge in [0.2, 0.25) is 0 Å². The lowest BCUT2D eigenvalue weighted by molar-refractivity contribution is 1.30. The summed E-state index contributed by atoms with van der Waals surface area (Å²) in [6.07, 6.45) is 1.99. The summed E-state index contributed by atoms with van der Waals surface area (Å²) in [6.45, 7) is 0. The molecule has 0 aliphatic rings. The van der Waals surface area contributed by atoms with Crippen LogP contribution in [0.4, 0.5) is 0 Å². The summed E-state index contributed by atoms with van der Waals surface area (Å²) < 4.78 is 4.22. The highest BCUT2D eigenvalue weighted by Crippen LogP contribution is 2.18. The number of rotatable bonds is 1. The van der Waals surface area contributed by atoms with E-state index in [1.807, 2.05) is 13.3 Å². The number of hydrogen-bond donors (Lipinski definition) is 1. The third-order valence-electron chi connectivity index (χ3n) is 1.57. The molecule has 1 nitrogen and oxygen atoms in total. The van der Waals surface area contributed by atoms with Crippen molar-refractivity contribution in [3.63, 3.8) is 0 Å². The van der Waals surface area contributed by atoms with Crippen LogP contribution in [0.5, 0.6) is 0 Å². The number of benzene rings is 1. The molecule has 0 saturated carbocycles. The molecule has 1 N–H and O–H groups in total. The fourth-order valence-corrected chi connectivity index (χ4v) is 1.70. The van der Waals surface area contributed by atoms with Gasteiger partial charge in [-0.3, -0.25) is 4.72 Å². The van der Waals surface area contributed by atoms with E-state index in [1.165, 1.54) is 10.1 Å². The molecule has 1 aromatic heterocycles. The molecule has 0 bridgehead atoms. The summed E-state index contributed by atoms with van der Waals surface area (Å²) in [4.78, 5) is 0. The normalized spacial score (nSPS) is 9.38. The standard InChI is InChI=1S/C8H6S.C2H7NS/c1-2-4-8-7(3-1)5-6-9-8;1-3-4-2/h1-6H;3H,1-2H3. The maximum Gasteiger partial charge on any atom is 0.0342 e. The van der Waals surface area contributed by atoms with E-state index in [9.17, 15) is 0 Å². The van der Waals surface area contributed by atoms with Gasteiger partial charge in [0.15, 0.2) is 0 Å². The van der Waals surface area contributed by atoms with E-state index in [0.29, 0.717) is 0 Å². The largest absolute Gasteiger partial charge is 0.267 e. The van der Waals surface area contributed by atoms with Crippen LogP contribution in [0.2, 0.25) is 0 Å². The molecule has 3 heteroatoms. The van der Waals surface area contributed by atoms with Crippen LogP contribution >= 0.6 is 23.3 Å². The van der Waals surface area contributed by atoms with Crippen LogP contribution in [0.25, 0.3) is 10.1 Å². The summed E-state index contributed by atoms with van der Waals surface area (Å²) in [7, 11) is 1.89. The Bertz CT molecular complexity index is 311. The minimum atomic E-state index is 1.35. The van der Waals surface area contributed by atoms with Gasteiger partial charge in [0.1, 0.15) is 0 Å². The van der Waals surface area contributed by atoms with Gasteiger partial charge >= 0.3 is 0 Å². The van der Waals surface area contributed by atoms with Crippen molar-refractivity contribution < 1.29 is 0 Å². The molecule has 0 saturated heterocycles. The van der Waals surface area contributed by atoms with Crippen LogP contribution in [-0.2, 0) is 0 Å². The van der Waals surface area contributed by atoms with Crippen LogP contribution in [-0.4, -0.2) is 13.3 Å². The van der Waals surface area contributed by atoms with E-state index < -0.39 is 0 Å². The quantitative estimate of drug-likeness (QED) is 0.726. The molecule has 13 heavy (non-hydrogen) atoms. The molecule has 0 spiro atoms. The third-order valence-corrected chi connectivity index (χ3v) is 2.87. The number of nitrogens with one attached hydrogen (secondary N) is 1. The van der Waals surface area contributed by atoms with Gasteiger partial charge in [0.05, 0.1) is 0 Å². The number of fused-ring (bicyclic) bond motifs is 1. The Morgan fingerprint density at radius 1 is 1.23 bits per heavy atom. The second-order valence-electron chi connectivity index (χ2n) is 2.37. The van der Waals surface area contributed by atoms with Crippen LogP contribution in [0.3, 0.4) is 0 Å². The second-order valence-corrected chi connectivity index (χ2v) is 4.13. The molecule has 2 rings (SSSR count). The van der Waals surface area contributed by atoms with Crippen molar-refractivity contribution in [2.45, 2.75) is 0 Å². The number of thiophene rings is 1. The molecule has 0 atom stereocenters. The first-order valence-electron chi connectivity index (χ1n) is 4.00. The van der Waals surface area contributed by atoms with E-state index in [-0.39, 0.29) is 0 Å². The maximum absolute atomic E-state index is 2.85. The number of hydrogen-bond acceptors (Lipinski definition) is 3. The van der Waals surface area contributed by atoms with Gasteiger partial charge in [-0.05, 0) is 36.2 Å². The first-order chi connectivity index (χ1) is 6.38. The Kier molecular flexibility index (Phi) is 4.90. The van der Waals surface area contributed by atoms with Crippen molar-refractivity contribution in [3.05, 3.63) is 35.7 Å². The average molecular weight is 211 g/mol. The van der Waals surface area contributed by atoms with E-state index >= 15 is 0 Å². The van der Waals surface area contributed by atoms with Crippen LogP contribution in [0.15, 0.2) is 35.7 Å². The third kappa shape index (κ3) is 3.38. The van der Waals surface area contributed by atoms with Crippen molar-refractivity contribution in [1.82, 2.24) is 4.72 Å². The summed E-state index contributed by atoms with van der Waals surface area (Å²) in [5.74, 6) is 0. The van der Waals surface area contributed by atoms with Crippen LogP contribution < -0.4 is 4.72 Å². The predicted molar refractivity (Wildman–Crippen MR) is 64.4 cm³/mol. The fraction of sp³-hybridized carbons (Fsp3) is 0.200. The van der Waals surface area contributed by atoms with E-state index in [0.717, 1.165) is 0 Å². The van der Waals surface area contributed by atoms with Crippen molar-refractivity contribution in [2.24, 2.45) is 0 Å². The average Bonchev–Trinajstić information content (AvgIpc) is 2.66. The monoisotopic (exact) mass is 211 g/mol. The van der Waals surface area contributed by atoms with Gasteiger partial charge in [-0.25, -0.2) is 0 Å². The highest BCUT2D eigenvalue weighted by atomic mass is 32.2. The van der Waals surface area contributed by atoms with Gasteiger partial charge in [-0.15, -0.1) is 11.3 Å².